The molecule has 3 unspecified atom stereocenters. The summed E-state index contributed by atoms with van der Waals surface area (Å²) >= 11 is 0. The lowest BCUT2D eigenvalue weighted by molar-refractivity contribution is -0.146. The highest BCUT2D eigenvalue weighted by molar-refractivity contribution is 5.90. The lowest BCUT2D eigenvalue weighted by Gasteiger charge is -2.41. The number of aromatic nitrogens is 4. The topological polar surface area (TPSA) is 105 Å². The predicted octanol–water partition coefficient (Wildman–Crippen LogP) is 3.21. The van der Waals surface area contributed by atoms with Crippen molar-refractivity contribution in [1.82, 2.24) is 35.3 Å². The van der Waals surface area contributed by atoms with Crippen molar-refractivity contribution in [3.63, 3.8) is 0 Å². The molecule has 0 radical (unpaired) electrons. The van der Waals surface area contributed by atoms with Crippen LogP contribution in [0.1, 0.15) is 42.1 Å². The van der Waals surface area contributed by atoms with Crippen molar-refractivity contribution >= 4 is 24.2 Å². The Hall–Kier alpha value is -3.71. The number of hydrogen-bond donors (Lipinski definition) is 1. The minimum absolute atomic E-state index is 0. The number of ether oxygens (including phenoxy) is 1. The molecule has 2 aliphatic heterocycles. The van der Waals surface area contributed by atoms with Crippen LogP contribution < -0.4 is 10.1 Å². The monoisotopic (exact) mass is 593 g/mol. The van der Waals surface area contributed by atoms with Crippen LogP contribution in [0.3, 0.4) is 0 Å². The molecule has 10 nitrogen and oxygen atoms in total. The van der Waals surface area contributed by atoms with Gasteiger partial charge in [-0.25, -0.2) is 0 Å². The van der Waals surface area contributed by atoms with Gasteiger partial charge in [0.1, 0.15) is 11.8 Å². The Morgan fingerprint density at radius 3 is 2.56 bits per heavy atom. The van der Waals surface area contributed by atoms with E-state index in [-0.39, 0.29) is 41.9 Å². The highest BCUT2D eigenvalue weighted by atomic mass is 35.5. The third-order valence-electron chi connectivity index (χ3n) is 7.72. The molecule has 2 amide bonds. The second-order valence-corrected chi connectivity index (χ2v) is 10.0. The van der Waals surface area contributed by atoms with Gasteiger partial charge < -0.3 is 19.9 Å². The van der Waals surface area contributed by atoms with E-state index < -0.39 is 18.0 Å². The number of benzene rings is 2. The van der Waals surface area contributed by atoms with Crippen molar-refractivity contribution in [2.24, 2.45) is 0 Å². The molecule has 0 saturated carbocycles. The van der Waals surface area contributed by atoms with E-state index in [4.69, 9.17) is 4.74 Å². The molecule has 3 aromatic rings. The van der Waals surface area contributed by atoms with Crippen LogP contribution in [-0.4, -0.2) is 81.2 Å². The number of halogens is 4. The molecule has 1 aromatic heterocycles. The van der Waals surface area contributed by atoms with Gasteiger partial charge in [0.15, 0.2) is 0 Å². The number of amides is 2. The summed E-state index contributed by atoms with van der Waals surface area (Å²) in [6.07, 6.45) is -3.15. The normalized spacial score (nSPS) is 21.1. The summed E-state index contributed by atoms with van der Waals surface area (Å²) in [6, 6.07) is 14.0. The largest absolute Gasteiger partial charge is 0.496 e. The van der Waals surface area contributed by atoms with Gasteiger partial charge in [0.05, 0.1) is 12.8 Å². The molecule has 2 aromatic carbocycles. The van der Waals surface area contributed by atoms with Crippen molar-refractivity contribution in [3.05, 3.63) is 65.5 Å². The summed E-state index contributed by atoms with van der Waals surface area (Å²) in [5.74, 6) is -0.798. The highest BCUT2D eigenvalue weighted by Gasteiger charge is 2.40. The molecular weight excluding hydrogens is 563 g/mol. The Morgan fingerprint density at radius 1 is 1.15 bits per heavy atom. The number of nitrogens with zero attached hydrogens (tertiary/aromatic N) is 6. The number of likely N-dealkylation sites (tertiary alicyclic amines) is 2. The second-order valence-electron chi connectivity index (χ2n) is 10.0. The Labute approximate surface area is 241 Å². The van der Waals surface area contributed by atoms with Crippen molar-refractivity contribution in [3.8, 4) is 11.4 Å². The summed E-state index contributed by atoms with van der Waals surface area (Å²) < 4.78 is 46.3. The van der Waals surface area contributed by atoms with E-state index in [1.54, 1.807) is 19.2 Å². The minimum Gasteiger partial charge on any atom is -0.496 e. The van der Waals surface area contributed by atoms with Gasteiger partial charge in [-0.2, -0.15) is 17.9 Å². The van der Waals surface area contributed by atoms with Crippen LogP contribution in [-0.2, 0) is 22.3 Å². The van der Waals surface area contributed by atoms with Gasteiger partial charge in [-0.05, 0) is 47.0 Å². The quantitative estimate of drug-likeness (QED) is 0.448. The molecule has 0 bridgehead atoms. The maximum atomic E-state index is 13.4. The zero-order chi connectivity index (χ0) is 28.4. The first-order valence-corrected chi connectivity index (χ1v) is 13.0. The van der Waals surface area contributed by atoms with Crippen molar-refractivity contribution in [1.29, 1.82) is 0 Å². The molecule has 1 N–H and O–H groups in total. The van der Waals surface area contributed by atoms with E-state index in [1.165, 1.54) is 18.1 Å². The average Bonchev–Trinajstić information content (AvgIpc) is 3.59. The van der Waals surface area contributed by atoms with E-state index >= 15 is 0 Å². The molecule has 2 fully saturated rings. The first-order valence-electron chi connectivity index (χ1n) is 13.0. The molecule has 2 saturated heterocycles. The first-order chi connectivity index (χ1) is 19.2. The summed E-state index contributed by atoms with van der Waals surface area (Å²) in [5, 5.41) is 13.4. The molecule has 5 rings (SSSR count). The van der Waals surface area contributed by atoms with Crippen LogP contribution in [0.15, 0.2) is 48.5 Å². The number of likely N-dealkylation sites (N-methyl/N-ethyl adjacent to an activating group) is 1. The second kappa shape index (κ2) is 12.4. The molecule has 14 heteroatoms. The number of hydrogen-bond acceptors (Lipinski definition) is 7. The molecular formula is C27H31ClF3N7O3. The minimum atomic E-state index is -4.71. The van der Waals surface area contributed by atoms with Gasteiger partial charge >= 0.3 is 6.18 Å². The number of carbonyl (C=O) groups is 2. The number of tetrazole rings is 1. The van der Waals surface area contributed by atoms with E-state index in [0.717, 1.165) is 5.56 Å². The van der Waals surface area contributed by atoms with Crippen LogP contribution in [0.5, 0.6) is 5.75 Å². The zero-order valence-electron chi connectivity index (χ0n) is 22.5. The fourth-order valence-electron chi connectivity index (χ4n) is 5.55. The fraction of sp³-hybridized carbons (Fsp3) is 0.444. The Kier molecular flexibility index (Phi) is 9.17. The number of nitrogens with one attached hydrogen (secondary N) is 1. The molecule has 3 atom stereocenters. The zero-order valence-corrected chi connectivity index (χ0v) is 23.4. The number of methoxy groups -OCH3 is 1. The van der Waals surface area contributed by atoms with Crippen LogP contribution in [0.25, 0.3) is 5.69 Å². The SMILES string of the molecule is COc1ccc(-n2nnnc2C(F)(F)F)cc1CNC1CCN(C(=O)C2CCC(=O)N2C)CC1c1ccccc1.Cl. The van der Waals surface area contributed by atoms with E-state index in [2.05, 4.69) is 20.8 Å². The number of piperidine rings is 1. The summed E-state index contributed by atoms with van der Waals surface area (Å²) in [4.78, 5) is 28.7. The number of carbonyl (C=O) groups excluding carboxylic acids is 2. The maximum Gasteiger partial charge on any atom is 0.453 e. The van der Waals surface area contributed by atoms with Crippen LogP contribution in [0, 0.1) is 0 Å². The van der Waals surface area contributed by atoms with Gasteiger partial charge in [0.25, 0.3) is 5.82 Å². The Balaban J connectivity index is 0.00000387. The number of alkyl halides is 3. The molecule has 0 spiro atoms. The van der Waals surface area contributed by atoms with Crippen molar-refractivity contribution in [2.45, 2.75) is 50.0 Å². The van der Waals surface area contributed by atoms with Gasteiger partial charge in [0, 0.05) is 50.6 Å². The fourth-order valence-corrected chi connectivity index (χ4v) is 5.55. The van der Waals surface area contributed by atoms with Crippen molar-refractivity contribution in [2.75, 3.05) is 27.2 Å². The van der Waals surface area contributed by atoms with E-state index in [1.807, 2.05) is 35.2 Å². The smallest absolute Gasteiger partial charge is 0.453 e. The van der Waals surface area contributed by atoms with E-state index in [0.29, 0.717) is 54.9 Å². The molecule has 3 heterocycles. The summed E-state index contributed by atoms with van der Waals surface area (Å²) in [7, 11) is 3.17. The Morgan fingerprint density at radius 2 is 1.90 bits per heavy atom. The summed E-state index contributed by atoms with van der Waals surface area (Å²) in [5.41, 5.74) is 1.86. The van der Waals surface area contributed by atoms with Gasteiger partial charge in [-0.1, -0.05) is 30.3 Å². The Bertz CT molecular complexity index is 1370. The van der Waals surface area contributed by atoms with Crippen LogP contribution in [0.4, 0.5) is 13.2 Å². The van der Waals surface area contributed by atoms with Gasteiger partial charge in [-0.15, -0.1) is 17.5 Å². The van der Waals surface area contributed by atoms with Gasteiger partial charge in [-0.3, -0.25) is 9.59 Å². The highest BCUT2D eigenvalue weighted by Crippen LogP contribution is 2.32. The maximum absolute atomic E-state index is 13.4. The predicted molar refractivity (Wildman–Crippen MR) is 145 cm³/mol. The lowest BCUT2D eigenvalue weighted by Crippen LogP contribution is -2.53. The first kappa shape index (κ1) is 30.3. The molecule has 41 heavy (non-hydrogen) atoms. The van der Waals surface area contributed by atoms with Crippen LogP contribution in [0.2, 0.25) is 0 Å². The lowest BCUT2D eigenvalue weighted by atomic mass is 9.85. The molecule has 2 aliphatic rings. The van der Waals surface area contributed by atoms with Gasteiger partial charge in [0.2, 0.25) is 11.8 Å². The van der Waals surface area contributed by atoms with E-state index in [9.17, 15) is 22.8 Å². The van der Waals surface area contributed by atoms with Crippen molar-refractivity contribution < 1.29 is 27.5 Å². The summed E-state index contributed by atoms with van der Waals surface area (Å²) in [6.45, 7) is 1.31. The standard InChI is InChI=1S/C27H30F3N7O3.ClH/c1-35-22(9-11-24(35)38)25(39)36-13-12-21(20(16-36)17-6-4-3-5-7-17)31-15-18-14-19(8-10-23(18)40-2)37-26(27(28,29)30)32-33-34-37;/h3-8,10,14,20-22,31H,9,11-13,15-16H2,1-2H3;1H. The number of rotatable bonds is 7. The third kappa shape index (κ3) is 6.30. The third-order valence-corrected chi connectivity index (χ3v) is 7.72. The average molecular weight is 594 g/mol. The molecule has 0 aliphatic carbocycles. The van der Waals surface area contributed by atoms with Crippen LogP contribution >= 0.6 is 12.4 Å². The molecule has 220 valence electrons.